The zero-order valence-corrected chi connectivity index (χ0v) is 18.6. The highest BCUT2D eigenvalue weighted by Gasteiger charge is 2.15. The molecule has 0 aromatic carbocycles. The van der Waals surface area contributed by atoms with Crippen LogP contribution < -0.4 is 10.6 Å². The lowest BCUT2D eigenvalue weighted by Gasteiger charge is -2.01. The van der Waals surface area contributed by atoms with Gasteiger partial charge in [-0.15, -0.1) is 34.0 Å². The van der Waals surface area contributed by atoms with Gasteiger partial charge < -0.3 is 10.6 Å². The number of anilines is 1. The highest BCUT2D eigenvalue weighted by molar-refractivity contribution is 7.18. The fourth-order valence-electron chi connectivity index (χ4n) is 2.64. The van der Waals surface area contributed by atoms with Crippen LogP contribution in [0.25, 0.3) is 10.6 Å². The fraction of sp³-hybridized carbons (Fsp3) is 0.300. The molecule has 0 spiro atoms. The molecule has 9 heteroatoms. The summed E-state index contributed by atoms with van der Waals surface area (Å²) in [6.07, 6.45) is 1.16. The van der Waals surface area contributed by atoms with Crippen LogP contribution in [0.3, 0.4) is 0 Å². The van der Waals surface area contributed by atoms with Gasteiger partial charge >= 0.3 is 0 Å². The van der Waals surface area contributed by atoms with Crippen LogP contribution in [0.5, 0.6) is 0 Å². The molecule has 3 aromatic rings. The average Bonchev–Trinajstić information content (AvgIpc) is 3.41. The van der Waals surface area contributed by atoms with E-state index in [2.05, 4.69) is 15.6 Å². The number of carbonyl (C=O) groups excluding carboxylic acids is 3. The van der Waals surface area contributed by atoms with Crippen molar-refractivity contribution in [2.24, 2.45) is 0 Å². The van der Waals surface area contributed by atoms with Crippen molar-refractivity contribution >= 4 is 56.7 Å². The molecule has 0 saturated carbocycles. The highest BCUT2D eigenvalue weighted by Crippen LogP contribution is 2.34. The third kappa shape index (κ3) is 6.06. The van der Waals surface area contributed by atoms with Crippen molar-refractivity contribution in [2.75, 3.05) is 5.32 Å². The molecule has 0 unspecified atom stereocenters. The van der Waals surface area contributed by atoms with Crippen LogP contribution in [0, 0.1) is 6.92 Å². The molecular weight excluding hydrogens is 426 g/mol. The largest absolute Gasteiger partial charge is 0.351 e. The summed E-state index contributed by atoms with van der Waals surface area (Å²) in [6.45, 7) is 3.96. The maximum atomic E-state index is 12.2. The first kappa shape index (κ1) is 21.4. The molecule has 0 fully saturated rings. The van der Waals surface area contributed by atoms with Gasteiger partial charge in [0, 0.05) is 29.5 Å². The van der Waals surface area contributed by atoms with Gasteiger partial charge in [0.05, 0.1) is 22.0 Å². The molecule has 0 atom stereocenters. The highest BCUT2D eigenvalue weighted by atomic mass is 32.1. The number of nitrogens with zero attached hydrogens (tertiary/aromatic N) is 1. The number of ketones is 1. The third-order valence-corrected chi connectivity index (χ3v) is 6.94. The molecule has 0 saturated heterocycles. The van der Waals surface area contributed by atoms with Crippen molar-refractivity contribution in [3.63, 3.8) is 0 Å². The second-order valence-electron chi connectivity index (χ2n) is 6.40. The van der Waals surface area contributed by atoms with E-state index in [9.17, 15) is 14.4 Å². The van der Waals surface area contributed by atoms with Crippen molar-refractivity contribution in [2.45, 2.75) is 39.7 Å². The number of aryl methyl sites for hydroxylation is 1. The molecule has 3 heterocycles. The van der Waals surface area contributed by atoms with E-state index in [0.29, 0.717) is 24.5 Å². The van der Waals surface area contributed by atoms with E-state index in [1.54, 1.807) is 17.4 Å². The zero-order chi connectivity index (χ0) is 20.8. The average molecular weight is 448 g/mol. The number of rotatable bonds is 9. The van der Waals surface area contributed by atoms with Gasteiger partial charge in [0.15, 0.2) is 10.9 Å². The van der Waals surface area contributed by atoms with Crippen molar-refractivity contribution in [1.29, 1.82) is 0 Å². The number of nitrogens with one attached hydrogen (secondary N) is 2. The van der Waals surface area contributed by atoms with Crippen LogP contribution in [0.2, 0.25) is 0 Å². The minimum Gasteiger partial charge on any atom is -0.351 e. The Bertz CT molecular complexity index is 1010. The number of hydrogen-bond donors (Lipinski definition) is 2. The minimum absolute atomic E-state index is 0.0631. The molecule has 0 aliphatic heterocycles. The number of thiazole rings is 1. The Morgan fingerprint density at radius 2 is 1.93 bits per heavy atom. The van der Waals surface area contributed by atoms with E-state index < -0.39 is 0 Å². The molecule has 2 amide bonds. The zero-order valence-electron chi connectivity index (χ0n) is 16.1. The molecular formula is C20H21N3O3S3. The summed E-state index contributed by atoms with van der Waals surface area (Å²) in [6, 6.07) is 7.60. The third-order valence-electron chi connectivity index (χ3n) is 4.05. The lowest BCUT2D eigenvalue weighted by Crippen LogP contribution is -2.17. The van der Waals surface area contributed by atoms with Gasteiger partial charge in [-0.3, -0.25) is 14.4 Å². The summed E-state index contributed by atoms with van der Waals surface area (Å²) in [4.78, 5) is 43.6. The first-order chi connectivity index (χ1) is 13.9. The number of Topliss-reactive ketones (excluding diaryl/α,β-unsaturated/α-hetero) is 1. The van der Waals surface area contributed by atoms with Crippen LogP contribution in [-0.4, -0.2) is 22.6 Å². The summed E-state index contributed by atoms with van der Waals surface area (Å²) < 4.78 is 0. The molecule has 0 aliphatic carbocycles. The van der Waals surface area contributed by atoms with Gasteiger partial charge in [-0.05, 0) is 36.9 Å². The Morgan fingerprint density at radius 1 is 1.10 bits per heavy atom. The lowest BCUT2D eigenvalue weighted by molar-refractivity contribution is -0.119. The topological polar surface area (TPSA) is 88.2 Å². The van der Waals surface area contributed by atoms with Gasteiger partial charge in [0.2, 0.25) is 11.8 Å². The van der Waals surface area contributed by atoms with Gasteiger partial charge in [-0.2, -0.15) is 0 Å². The van der Waals surface area contributed by atoms with Gasteiger partial charge in [0.1, 0.15) is 0 Å². The second-order valence-corrected chi connectivity index (χ2v) is 9.72. The normalized spacial score (nSPS) is 10.7. The van der Waals surface area contributed by atoms with Gasteiger partial charge in [-0.25, -0.2) is 4.98 Å². The first-order valence-corrected chi connectivity index (χ1v) is 11.6. The molecule has 29 heavy (non-hydrogen) atoms. The predicted octanol–water partition coefficient (Wildman–Crippen LogP) is 4.87. The molecule has 3 rings (SSSR count). The standard InChI is InChI=1S/C20H21N3O3S3/c1-12-19(17-9-8-14(29-17)11-21-13(2)24)23-20(28-12)22-18(26)7-3-5-15(25)16-6-4-10-27-16/h4,6,8-10H,3,5,7,11H2,1-2H3,(H,21,24)(H,22,23,26). The molecule has 0 bridgehead atoms. The number of carbonyl (C=O) groups is 3. The number of hydrogen-bond acceptors (Lipinski definition) is 7. The summed E-state index contributed by atoms with van der Waals surface area (Å²) in [5.74, 6) is -0.123. The Hall–Kier alpha value is -2.36. The summed E-state index contributed by atoms with van der Waals surface area (Å²) in [7, 11) is 0. The van der Waals surface area contributed by atoms with Crippen LogP contribution in [0.15, 0.2) is 29.6 Å². The van der Waals surface area contributed by atoms with Crippen molar-refractivity contribution < 1.29 is 14.4 Å². The van der Waals surface area contributed by atoms with Crippen LogP contribution in [0.4, 0.5) is 5.13 Å². The Morgan fingerprint density at radius 3 is 2.66 bits per heavy atom. The van der Waals surface area contributed by atoms with E-state index >= 15 is 0 Å². The molecule has 6 nitrogen and oxygen atoms in total. The number of aromatic nitrogens is 1. The Balaban J connectivity index is 1.52. The molecule has 3 aromatic heterocycles. The van der Waals surface area contributed by atoms with Crippen molar-refractivity contribution in [1.82, 2.24) is 10.3 Å². The van der Waals surface area contributed by atoms with E-state index in [1.165, 1.54) is 29.6 Å². The Kier molecular flexibility index (Phi) is 7.29. The van der Waals surface area contributed by atoms with Crippen LogP contribution in [0.1, 0.15) is 45.6 Å². The predicted molar refractivity (Wildman–Crippen MR) is 119 cm³/mol. The first-order valence-electron chi connectivity index (χ1n) is 9.10. The van der Waals surface area contributed by atoms with E-state index in [1.807, 2.05) is 30.5 Å². The maximum absolute atomic E-state index is 12.2. The minimum atomic E-state index is -0.137. The molecule has 2 N–H and O–H groups in total. The van der Waals surface area contributed by atoms with Crippen molar-refractivity contribution in [3.05, 3.63) is 44.3 Å². The molecule has 152 valence electrons. The van der Waals surface area contributed by atoms with E-state index in [4.69, 9.17) is 0 Å². The monoisotopic (exact) mass is 447 g/mol. The summed E-state index contributed by atoms with van der Waals surface area (Å²) in [5.41, 5.74) is 0.845. The lowest BCUT2D eigenvalue weighted by atomic mass is 10.1. The van der Waals surface area contributed by atoms with E-state index in [-0.39, 0.29) is 24.0 Å². The maximum Gasteiger partial charge on any atom is 0.226 e. The van der Waals surface area contributed by atoms with Crippen molar-refractivity contribution in [3.8, 4) is 10.6 Å². The Labute approximate surface area is 181 Å². The summed E-state index contributed by atoms with van der Waals surface area (Å²) >= 11 is 4.42. The second kappa shape index (κ2) is 9.91. The van der Waals surface area contributed by atoms with Gasteiger partial charge in [0.25, 0.3) is 0 Å². The number of thiophene rings is 2. The van der Waals surface area contributed by atoms with E-state index in [0.717, 1.165) is 25.2 Å². The SMILES string of the molecule is CC(=O)NCc1ccc(-c2nc(NC(=O)CCCC(=O)c3cccs3)sc2C)s1. The fourth-order valence-corrected chi connectivity index (χ4v) is 5.24. The van der Waals surface area contributed by atoms with Gasteiger partial charge in [-0.1, -0.05) is 6.07 Å². The smallest absolute Gasteiger partial charge is 0.226 e. The van der Waals surface area contributed by atoms with Crippen LogP contribution >= 0.6 is 34.0 Å². The molecule has 0 aliphatic rings. The summed E-state index contributed by atoms with van der Waals surface area (Å²) in [5, 5.41) is 8.05. The molecule has 0 radical (unpaired) electrons. The van der Waals surface area contributed by atoms with Crippen LogP contribution in [-0.2, 0) is 16.1 Å². The number of amides is 2. The quantitative estimate of drug-likeness (QED) is 0.458.